The van der Waals surface area contributed by atoms with E-state index in [-0.39, 0.29) is 11.5 Å². The van der Waals surface area contributed by atoms with Gasteiger partial charge in [-0.15, -0.1) is 0 Å². The molecule has 0 saturated heterocycles. The van der Waals surface area contributed by atoms with Crippen molar-refractivity contribution in [3.63, 3.8) is 0 Å². The Morgan fingerprint density at radius 2 is 1.67 bits per heavy atom. The summed E-state index contributed by atoms with van der Waals surface area (Å²) in [4.78, 5) is 12.8. The number of ether oxygens (including phenoxy) is 3. The molecule has 0 N–H and O–H groups in total. The van der Waals surface area contributed by atoms with Crippen molar-refractivity contribution in [1.82, 2.24) is 0 Å². The van der Waals surface area contributed by atoms with Gasteiger partial charge in [-0.1, -0.05) is 66.0 Å². The van der Waals surface area contributed by atoms with E-state index in [9.17, 15) is 4.79 Å². The Morgan fingerprint density at radius 1 is 0.956 bits per heavy atom. The first-order valence-corrected chi connectivity index (χ1v) is 20.9. The molecule has 0 amide bonds. The number of allylic oxidation sites excluding steroid dienone is 1. The van der Waals surface area contributed by atoms with Crippen LogP contribution < -0.4 is 4.74 Å². The van der Waals surface area contributed by atoms with Gasteiger partial charge in [0.05, 0.1) is 7.14 Å². The molecule has 0 heterocycles. The first-order chi connectivity index (χ1) is 21.3. The first-order valence-electron chi connectivity index (χ1n) is 17.6. The van der Waals surface area contributed by atoms with Gasteiger partial charge < -0.3 is 14.2 Å². The van der Waals surface area contributed by atoms with E-state index in [4.69, 9.17) is 14.2 Å². The molecular formula is C38H55I3O4. The number of hydrogen-bond donors (Lipinski definition) is 0. The van der Waals surface area contributed by atoms with Crippen LogP contribution in [0.4, 0.5) is 4.79 Å². The molecule has 252 valence electrons. The Labute approximate surface area is 314 Å². The van der Waals surface area contributed by atoms with Gasteiger partial charge >= 0.3 is 6.16 Å². The number of halogens is 3. The van der Waals surface area contributed by atoms with E-state index >= 15 is 0 Å². The normalized spacial score (nSPS) is 34.6. The zero-order valence-electron chi connectivity index (χ0n) is 28.5. The van der Waals surface area contributed by atoms with E-state index in [1.54, 1.807) is 6.92 Å². The highest BCUT2D eigenvalue weighted by Crippen LogP contribution is 2.67. The van der Waals surface area contributed by atoms with Crippen LogP contribution in [0.15, 0.2) is 23.8 Å². The SMILES string of the molecule is CCC(CC[C@@H](C)[C@H]1CCC2C3CC=C4C[C@@H](OC(=O)OC(C)Oc5c(I)cc(I)cc5I)CC[C@]4(C)C3CC[C@@]21C)C(C)C. The van der Waals surface area contributed by atoms with E-state index in [1.165, 1.54) is 56.9 Å². The molecule has 4 aliphatic carbocycles. The highest BCUT2D eigenvalue weighted by Gasteiger charge is 2.59. The summed E-state index contributed by atoms with van der Waals surface area (Å²) >= 11 is 6.82. The number of rotatable bonds is 10. The Balaban J connectivity index is 1.17. The lowest BCUT2D eigenvalue weighted by atomic mass is 9.47. The van der Waals surface area contributed by atoms with Crippen LogP contribution in [0, 0.1) is 63.0 Å². The van der Waals surface area contributed by atoms with Crippen molar-refractivity contribution in [3.8, 4) is 5.75 Å². The van der Waals surface area contributed by atoms with E-state index in [2.05, 4.69) is 128 Å². The van der Waals surface area contributed by atoms with Crippen molar-refractivity contribution in [2.24, 2.45) is 52.3 Å². The average Bonchev–Trinajstić information content (AvgIpc) is 3.32. The monoisotopic (exact) mass is 956 g/mol. The minimum Gasteiger partial charge on any atom is -0.453 e. The van der Waals surface area contributed by atoms with Gasteiger partial charge in [-0.25, -0.2) is 4.79 Å². The first kappa shape index (κ1) is 36.5. The largest absolute Gasteiger partial charge is 0.511 e. The van der Waals surface area contributed by atoms with Crippen molar-refractivity contribution in [2.75, 3.05) is 0 Å². The molecule has 0 bridgehead atoms. The van der Waals surface area contributed by atoms with Crippen LogP contribution in [0.2, 0.25) is 0 Å². The molecule has 0 aliphatic heterocycles. The van der Waals surface area contributed by atoms with Crippen LogP contribution in [0.5, 0.6) is 5.75 Å². The molecule has 3 saturated carbocycles. The summed E-state index contributed by atoms with van der Waals surface area (Å²) in [5.74, 6) is 6.55. The number of carbonyl (C=O) groups excluding carboxylic acids is 1. The Morgan fingerprint density at radius 3 is 2.33 bits per heavy atom. The molecule has 45 heavy (non-hydrogen) atoms. The van der Waals surface area contributed by atoms with Crippen LogP contribution in [0.25, 0.3) is 0 Å². The maximum absolute atomic E-state index is 12.8. The van der Waals surface area contributed by atoms with Gasteiger partial charge in [-0.05, 0) is 184 Å². The van der Waals surface area contributed by atoms with Crippen molar-refractivity contribution < 1.29 is 19.0 Å². The van der Waals surface area contributed by atoms with Gasteiger partial charge in [-0.2, -0.15) is 0 Å². The van der Waals surface area contributed by atoms with Crippen LogP contribution in [0.1, 0.15) is 119 Å². The van der Waals surface area contributed by atoms with Crippen molar-refractivity contribution in [3.05, 3.63) is 34.5 Å². The van der Waals surface area contributed by atoms with Gasteiger partial charge in [0.1, 0.15) is 6.10 Å². The summed E-state index contributed by atoms with van der Waals surface area (Å²) in [7, 11) is 0. The van der Waals surface area contributed by atoms with Gasteiger partial charge in [0.25, 0.3) is 0 Å². The molecule has 10 atom stereocenters. The molecule has 1 aromatic rings. The summed E-state index contributed by atoms with van der Waals surface area (Å²) in [6, 6.07) is 4.11. The van der Waals surface area contributed by atoms with Gasteiger partial charge in [0.2, 0.25) is 6.29 Å². The summed E-state index contributed by atoms with van der Waals surface area (Å²) < 4.78 is 20.6. The standard InChI is InChI=1S/C38H55I3O4/c1-8-25(22(2)3)10-9-23(4)30-13-14-31-29-12-11-26-19-28(15-17-37(26,6)32(29)16-18-38(30,31)7)45-36(42)44-24(5)43-35-33(40)20-27(39)21-34(35)41/h11,20-25,28-32H,8-10,12-19H2,1-7H3/t23-,24?,25?,28+,29?,30-,31?,32?,37+,38-/m1/s1. The third kappa shape index (κ3) is 7.69. The van der Waals surface area contributed by atoms with E-state index in [0.717, 1.165) is 77.1 Å². The fourth-order valence-electron chi connectivity index (χ4n) is 10.5. The molecule has 3 fully saturated rings. The zero-order chi connectivity index (χ0) is 32.7. The molecule has 4 nitrogen and oxygen atoms in total. The quantitative estimate of drug-likeness (QED) is 0.101. The molecule has 5 unspecified atom stereocenters. The number of carbonyl (C=O) groups is 1. The summed E-state index contributed by atoms with van der Waals surface area (Å²) in [6.07, 6.45) is 14.9. The third-order valence-corrected chi connectivity index (χ3v) is 15.3. The minimum absolute atomic E-state index is 0.123. The van der Waals surface area contributed by atoms with Crippen molar-refractivity contribution in [2.45, 2.75) is 131 Å². The summed E-state index contributed by atoms with van der Waals surface area (Å²) in [6.45, 7) is 16.8. The Bertz CT molecular complexity index is 1220. The highest BCUT2D eigenvalue weighted by molar-refractivity contribution is 14.1. The fraction of sp³-hybridized carbons (Fsp3) is 0.763. The van der Waals surface area contributed by atoms with E-state index in [0.29, 0.717) is 5.41 Å². The molecule has 0 aromatic heterocycles. The molecule has 4 aliphatic rings. The average molecular weight is 957 g/mol. The van der Waals surface area contributed by atoms with Crippen LogP contribution >= 0.6 is 67.8 Å². The predicted octanol–water partition coefficient (Wildman–Crippen LogP) is 12.4. The van der Waals surface area contributed by atoms with E-state index in [1.807, 2.05) is 0 Å². The maximum Gasteiger partial charge on any atom is 0.511 e. The zero-order valence-corrected chi connectivity index (χ0v) is 34.9. The molecule has 5 rings (SSSR count). The second kappa shape index (κ2) is 15.0. The van der Waals surface area contributed by atoms with Gasteiger partial charge in [-0.3, -0.25) is 0 Å². The van der Waals surface area contributed by atoms with E-state index < -0.39 is 12.4 Å². The third-order valence-electron chi connectivity index (χ3n) is 13.1. The lowest BCUT2D eigenvalue weighted by molar-refractivity contribution is -0.0806. The second-order valence-corrected chi connectivity index (χ2v) is 19.3. The molecule has 0 radical (unpaired) electrons. The number of fused-ring (bicyclic) bond motifs is 5. The summed E-state index contributed by atoms with van der Waals surface area (Å²) in [5, 5.41) is 0. The molecule has 7 heteroatoms. The molecule has 1 aromatic carbocycles. The minimum atomic E-state index is -0.721. The van der Waals surface area contributed by atoms with Crippen LogP contribution in [0.3, 0.4) is 0 Å². The summed E-state index contributed by atoms with van der Waals surface area (Å²) in [5.41, 5.74) is 2.27. The number of hydrogen-bond acceptors (Lipinski definition) is 4. The van der Waals surface area contributed by atoms with Crippen LogP contribution in [-0.2, 0) is 9.47 Å². The van der Waals surface area contributed by atoms with Crippen molar-refractivity contribution in [1.29, 1.82) is 0 Å². The smallest absolute Gasteiger partial charge is 0.453 e. The maximum atomic E-state index is 12.8. The Hall–Kier alpha value is 0.220. The highest BCUT2D eigenvalue weighted by atomic mass is 127. The van der Waals surface area contributed by atoms with Crippen molar-refractivity contribution >= 4 is 73.9 Å². The molecule has 0 spiro atoms. The fourth-order valence-corrected chi connectivity index (χ4v) is 14.4. The lowest BCUT2D eigenvalue weighted by Crippen LogP contribution is -2.51. The second-order valence-electron chi connectivity index (χ2n) is 15.7. The topological polar surface area (TPSA) is 44.8 Å². The van der Waals surface area contributed by atoms with Crippen LogP contribution in [-0.4, -0.2) is 18.5 Å². The number of benzene rings is 1. The van der Waals surface area contributed by atoms with Gasteiger partial charge in [0, 0.05) is 16.9 Å². The molecular weight excluding hydrogens is 901 g/mol. The predicted molar refractivity (Wildman–Crippen MR) is 208 cm³/mol. The lowest BCUT2D eigenvalue weighted by Gasteiger charge is -2.58. The Kier molecular flexibility index (Phi) is 12.2. The van der Waals surface area contributed by atoms with Gasteiger partial charge in [0.15, 0.2) is 5.75 Å².